The molecule has 5 aliphatic rings. The second-order valence-corrected chi connectivity index (χ2v) is 10.5. The summed E-state index contributed by atoms with van der Waals surface area (Å²) in [6, 6.07) is 7.99. The van der Waals surface area contributed by atoms with Crippen LogP contribution in [0.1, 0.15) is 45.4 Å². The summed E-state index contributed by atoms with van der Waals surface area (Å²) in [6.07, 6.45) is 7.32. The molecule has 1 atom stereocenters. The van der Waals surface area contributed by atoms with Crippen LogP contribution in [0, 0.1) is 23.7 Å². The van der Waals surface area contributed by atoms with Crippen molar-refractivity contribution >= 4 is 23.4 Å². The minimum Gasteiger partial charge on any atom is -0.347 e. The molecule has 0 N–H and O–H groups in total. The molecule has 1 saturated heterocycles. The van der Waals surface area contributed by atoms with E-state index < -0.39 is 5.79 Å². The molecule has 0 aromatic heterocycles. The molecular weight excluding hydrogens is 368 g/mol. The molecule has 0 radical (unpaired) electrons. The first-order valence-corrected chi connectivity index (χ1v) is 11.3. The quantitative estimate of drug-likeness (QED) is 0.484. The molecule has 4 aliphatic carbocycles. The van der Waals surface area contributed by atoms with E-state index in [1.807, 2.05) is 12.1 Å². The summed E-state index contributed by atoms with van der Waals surface area (Å²) in [7, 11) is 0. The van der Waals surface area contributed by atoms with E-state index in [4.69, 9.17) is 26.1 Å². The smallest absolute Gasteiger partial charge is 0.207 e. The highest BCUT2D eigenvalue weighted by atomic mass is 35.5. The van der Waals surface area contributed by atoms with E-state index in [1.165, 1.54) is 37.0 Å². The first-order chi connectivity index (χ1) is 12.5. The topological polar surface area (TPSA) is 27.7 Å². The van der Waals surface area contributed by atoms with E-state index in [0.717, 1.165) is 35.6 Å². The Kier molecular flexibility index (Phi) is 4.57. The average molecular weight is 395 g/mol. The van der Waals surface area contributed by atoms with Crippen molar-refractivity contribution in [1.29, 1.82) is 0 Å². The van der Waals surface area contributed by atoms with Gasteiger partial charge in [0.05, 0.1) is 6.61 Å². The maximum Gasteiger partial charge on any atom is 0.207 e. The van der Waals surface area contributed by atoms with Crippen LogP contribution in [0.4, 0.5) is 0 Å². The minimum atomic E-state index is -0.476. The molecule has 0 amide bonds. The molecule has 4 saturated carbocycles. The van der Waals surface area contributed by atoms with Gasteiger partial charge in [-0.3, -0.25) is 0 Å². The van der Waals surface area contributed by atoms with Gasteiger partial charge in [-0.05, 0) is 75.1 Å². The molecule has 4 bridgehead atoms. The van der Waals surface area contributed by atoms with Crippen LogP contribution in [0.15, 0.2) is 29.2 Å². The first kappa shape index (κ1) is 17.8. The van der Waals surface area contributed by atoms with Gasteiger partial charge in [0, 0.05) is 33.9 Å². The van der Waals surface area contributed by atoms with Crippen LogP contribution in [0.5, 0.6) is 0 Å². The van der Waals surface area contributed by atoms with Gasteiger partial charge in [0.2, 0.25) is 5.79 Å². The number of benzene rings is 1. The summed E-state index contributed by atoms with van der Waals surface area (Å²) >= 11 is 7.77. The molecule has 142 valence electrons. The van der Waals surface area contributed by atoms with Crippen molar-refractivity contribution in [2.45, 2.75) is 61.7 Å². The maximum absolute atomic E-state index is 6.46. The lowest BCUT2D eigenvalue weighted by Crippen LogP contribution is -2.60. The Morgan fingerprint density at radius 3 is 2.31 bits per heavy atom. The van der Waals surface area contributed by atoms with Gasteiger partial charge in [0.15, 0.2) is 0 Å². The number of rotatable bonds is 3. The van der Waals surface area contributed by atoms with Crippen molar-refractivity contribution in [3.8, 4) is 0 Å². The van der Waals surface area contributed by atoms with Crippen LogP contribution in [-0.2, 0) is 14.5 Å². The molecule has 1 spiro atoms. The van der Waals surface area contributed by atoms with E-state index in [-0.39, 0.29) is 5.60 Å². The van der Waals surface area contributed by atoms with Crippen molar-refractivity contribution in [1.82, 2.24) is 0 Å². The van der Waals surface area contributed by atoms with Gasteiger partial charge in [-0.2, -0.15) is 4.89 Å². The third-order valence-electron chi connectivity index (χ3n) is 6.97. The van der Waals surface area contributed by atoms with Crippen LogP contribution in [-0.4, -0.2) is 23.7 Å². The summed E-state index contributed by atoms with van der Waals surface area (Å²) < 4.78 is 6.46. The monoisotopic (exact) mass is 394 g/mol. The fraction of sp³-hybridized carbons (Fsp3) is 0.714. The molecule has 5 heteroatoms. The molecule has 1 aromatic rings. The summed E-state index contributed by atoms with van der Waals surface area (Å²) in [6.45, 7) is 2.87. The molecule has 5 fully saturated rings. The van der Waals surface area contributed by atoms with Gasteiger partial charge in [0.1, 0.15) is 5.60 Å². The molecular formula is C21H27ClO3S. The van der Waals surface area contributed by atoms with Crippen molar-refractivity contribution < 1.29 is 14.5 Å². The number of ether oxygens (including phenoxy) is 1. The lowest BCUT2D eigenvalue weighted by atomic mass is 9.53. The summed E-state index contributed by atoms with van der Waals surface area (Å²) in [5.41, 5.74) is -0.331. The summed E-state index contributed by atoms with van der Waals surface area (Å²) in [4.78, 5) is 13.6. The first-order valence-electron chi connectivity index (χ1n) is 9.94. The number of hydrogen-bond acceptors (Lipinski definition) is 4. The Hall–Kier alpha value is -0.260. The lowest BCUT2D eigenvalue weighted by Gasteiger charge is -2.58. The van der Waals surface area contributed by atoms with E-state index in [2.05, 4.69) is 19.1 Å². The minimum absolute atomic E-state index is 0.331. The second kappa shape index (κ2) is 6.66. The highest BCUT2D eigenvalue weighted by molar-refractivity contribution is 7.99. The average Bonchev–Trinajstić information content (AvgIpc) is 2.79. The predicted molar refractivity (Wildman–Crippen MR) is 103 cm³/mol. The normalized spacial score (nSPS) is 44.4. The fourth-order valence-electron chi connectivity index (χ4n) is 5.73. The van der Waals surface area contributed by atoms with Crippen LogP contribution in [0.25, 0.3) is 0 Å². The Morgan fingerprint density at radius 1 is 1.00 bits per heavy atom. The molecule has 3 nitrogen and oxygen atoms in total. The Balaban J connectivity index is 1.27. The third kappa shape index (κ3) is 3.12. The fourth-order valence-corrected chi connectivity index (χ4v) is 6.85. The zero-order valence-corrected chi connectivity index (χ0v) is 16.9. The van der Waals surface area contributed by atoms with E-state index in [0.29, 0.717) is 11.8 Å². The lowest BCUT2D eigenvalue weighted by molar-refractivity contribution is -0.484. The van der Waals surface area contributed by atoms with Crippen molar-refractivity contribution in [2.24, 2.45) is 23.7 Å². The molecule has 1 heterocycles. The van der Waals surface area contributed by atoms with E-state index >= 15 is 0 Å². The van der Waals surface area contributed by atoms with Gasteiger partial charge >= 0.3 is 0 Å². The van der Waals surface area contributed by atoms with Crippen LogP contribution < -0.4 is 0 Å². The number of thioether (sulfide) groups is 1. The molecule has 26 heavy (non-hydrogen) atoms. The number of hydrogen-bond donors (Lipinski definition) is 0. The van der Waals surface area contributed by atoms with Crippen molar-refractivity contribution in [3.05, 3.63) is 29.3 Å². The zero-order chi connectivity index (χ0) is 17.8. The third-order valence-corrected chi connectivity index (χ3v) is 8.58. The molecule has 1 aliphatic heterocycles. The van der Waals surface area contributed by atoms with Crippen LogP contribution in [0.2, 0.25) is 5.02 Å². The Morgan fingerprint density at radius 2 is 1.65 bits per heavy atom. The largest absolute Gasteiger partial charge is 0.347 e. The Bertz CT molecular complexity index is 636. The molecule has 6 rings (SSSR count). The maximum atomic E-state index is 6.46. The summed E-state index contributed by atoms with van der Waals surface area (Å²) in [5.74, 6) is 3.19. The predicted octanol–water partition coefficient (Wildman–Crippen LogP) is 5.71. The highest BCUT2D eigenvalue weighted by Gasteiger charge is 2.61. The van der Waals surface area contributed by atoms with Crippen LogP contribution >= 0.6 is 23.4 Å². The van der Waals surface area contributed by atoms with Gasteiger partial charge in [-0.15, -0.1) is 11.8 Å². The standard InChI is InChI=1S/C21H27ClO3S/c1-20(13-26-19-4-2-18(22)3-5-19)6-7-23-21(25-24-20)16-9-14-8-15(11-16)12-17(21)10-14/h2-5,14-17H,6-13H2,1H3. The zero-order valence-electron chi connectivity index (χ0n) is 15.3. The summed E-state index contributed by atoms with van der Waals surface area (Å²) in [5, 5.41) is 0.770. The SMILES string of the molecule is CC1(CSc2ccc(Cl)cc2)CCOC2(OO1)C1CC3CC(C1)CC2C3. The van der Waals surface area contributed by atoms with E-state index in [1.54, 1.807) is 11.8 Å². The molecule has 1 aromatic carbocycles. The second-order valence-electron chi connectivity index (χ2n) is 8.98. The van der Waals surface area contributed by atoms with Gasteiger partial charge < -0.3 is 4.74 Å². The van der Waals surface area contributed by atoms with Gasteiger partial charge in [0.25, 0.3) is 0 Å². The van der Waals surface area contributed by atoms with Gasteiger partial charge in [-0.25, -0.2) is 4.89 Å². The van der Waals surface area contributed by atoms with Crippen molar-refractivity contribution in [2.75, 3.05) is 12.4 Å². The Labute approximate surface area is 165 Å². The van der Waals surface area contributed by atoms with Gasteiger partial charge in [-0.1, -0.05) is 11.6 Å². The van der Waals surface area contributed by atoms with Crippen molar-refractivity contribution in [3.63, 3.8) is 0 Å². The van der Waals surface area contributed by atoms with E-state index in [9.17, 15) is 0 Å². The highest BCUT2D eigenvalue weighted by Crippen LogP contribution is 2.60. The molecule has 1 unspecified atom stereocenters. The number of halogens is 1. The van der Waals surface area contributed by atoms with Crippen LogP contribution in [0.3, 0.4) is 0 Å².